The van der Waals surface area contributed by atoms with Gasteiger partial charge >= 0.3 is 0 Å². The lowest BCUT2D eigenvalue weighted by Gasteiger charge is -2.18. The number of hydrogen-bond acceptors (Lipinski definition) is 2. The van der Waals surface area contributed by atoms with Gasteiger partial charge in [-0.2, -0.15) is 0 Å². The van der Waals surface area contributed by atoms with Crippen molar-refractivity contribution in [2.45, 2.75) is 0 Å². The standard InChI is InChI=1S/C64H38OS/c1-3-17-39(18-4-1)41-33-35-57-54(37-41)55-38-42(34-36-58(55)66-57)60-45-23-9-11-25-47(45)61(48-26-12-10-24-46(48)60)51-29-16-32-56-63(51)53-31-15-30-52(64(53)65-56)62-49-27-13-7-21-43(49)59(40-19-5-2-6-20-40)44-22-8-14-28-50(44)62/h1-38H. The topological polar surface area (TPSA) is 13.1 Å². The molecule has 0 N–H and O–H groups in total. The van der Waals surface area contributed by atoms with Gasteiger partial charge in [-0.05, 0) is 118 Å². The highest BCUT2D eigenvalue weighted by Gasteiger charge is 2.24. The lowest BCUT2D eigenvalue weighted by atomic mass is 9.84. The van der Waals surface area contributed by atoms with Crippen LogP contribution in [-0.2, 0) is 0 Å². The molecule has 0 fully saturated rings. The number of benzene rings is 12. The predicted molar refractivity (Wildman–Crippen MR) is 284 cm³/mol. The molecule has 66 heavy (non-hydrogen) atoms. The molecule has 0 amide bonds. The fraction of sp³-hybridized carbons (Fsp3) is 0. The van der Waals surface area contributed by atoms with E-state index in [0.717, 1.165) is 27.5 Å². The molecular weight excluding hydrogens is 817 g/mol. The Bertz CT molecular complexity index is 4160. The SMILES string of the molecule is c1ccc(-c2ccc3sc4ccc(-c5c6ccccc6c(-c6cccc7oc8c(-c9c%10ccccc%10c(-c%10ccccc%10)c%10ccccc9%10)cccc8c67)c6ccccc56)cc4c3c2)cc1. The van der Waals surface area contributed by atoms with Gasteiger partial charge in [0.05, 0.1) is 0 Å². The first-order valence-electron chi connectivity index (χ1n) is 22.7. The van der Waals surface area contributed by atoms with Gasteiger partial charge in [-0.15, -0.1) is 11.3 Å². The Labute approximate surface area is 385 Å². The highest BCUT2D eigenvalue weighted by molar-refractivity contribution is 7.25. The molecule has 14 aromatic rings. The van der Waals surface area contributed by atoms with Gasteiger partial charge in [0, 0.05) is 42.1 Å². The van der Waals surface area contributed by atoms with Crippen LogP contribution in [0.2, 0.25) is 0 Å². The van der Waals surface area contributed by atoms with Crippen LogP contribution in [0.15, 0.2) is 235 Å². The molecule has 0 bridgehead atoms. The average Bonchev–Trinajstić information content (AvgIpc) is 3.96. The van der Waals surface area contributed by atoms with Crippen molar-refractivity contribution in [3.05, 3.63) is 231 Å². The molecule has 0 aliphatic heterocycles. The summed E-state index contributed by atoms with van der Waals surface area (Å²) in [5.41, 5.74) is 13.9. The van der Waals surface area contributed by atoms with Crippen molar-refractivity contribution in [3.8, 4) is 55.6 Å². The molecule has 0 aliphatic rings. The number of hydrogen-bond donors (Lipinski definition) is 0. The van der Waals surface area contributed by atoms with Crippen LogP contribution >= 0.6 is 11.3 Å². The zero-order valence-electron chi connectivity index (χ0n) is 35.8. The molecule has 14 rings (SSSR count). The molecule has 0 saturated heterocycles. The molecule has 2 heteroatoms. The minimum Gasteiger partial charge on any atom is -0.455 e. The van der Waals surface area contributed by atoms with E-state index in [1.807, 2.05) is 11.3 Å². The molecular formula is C64H38OS. The number of fused-ring (bicyclic) bond motifs is 10. The van der Waals surface area contributed by atoms with Crippen molar-refractivity contribution in [3.63, 3.8) is 0 Å². The highest BCUT2D eigenvalue weighted by Crippen LogP contribution is 2.51. The van der Waals surface area contributed by atoms with Crippen LogP contribution in [0.5, 0.6) is 0 Å². The first-order valence-corrected chi connectivity index (χ1v) is 23.5. The van der Waals surface area contributed by atoms with E-state index in [1.165, 1.54) is 113 Å². The number of rotatable bonds is 5. The molecule has 2 aromatic heterocycles. The van der Waals surface area contributed by atoms with E-state index in [0.29, 0.717) is 0 Å². The second kappa shape index (κ2) is 14.6. The van der Waals surface area contributed by atoms with Crippen LogP contribution in [0.4, 0.5) is 0 Å². The van der Waals surface area contributed by atoms with Gasteiger partial charge in [0.1, 0.15) is 11.2 Å². The van der Waals surface area contributed by atoms with Gasteiger partial charge in [-0.25, -0.2) is 0 Å². The van der Waals surface area contributed by atoms with Crippen LogP contribution in [0, 0.1) is 0 Å². The van der Waals surface area contributed by atoms with Crippen LogP contribution in [0.1, 0.15) is 0 Å². The molecule has 0 unspecified atom stereocenters. The molecule has 2 heterocycles. The van der Waals surface area contributed by atoms with Crippen molar-refractivity contribution in [1.29, 1.82) is 0 Å². The van der Waals surface area contributed by atoms with Gasteiger partial charge in [0.25, 0.3) is 0 Å². The smallest absolute Gasteiger partial charge is 0.143 e. The van der Waals surface area contributed by atoms with Gasteiger partial charge in [-0.3, -0.25) is 0 Å². The summed E-state index contributed by atoms with van der Waals surface area (Å²) in [7, 11) is 0. The third-order valence-electron chi connectivity index (χ3n) is 13.9. The molecule has 0 aliphatic carbocycles. The quantitative estimate of drug-likeness (QED) is 0.157. The summed E-state index contributed by atoms with van der Waals surface area (Å²) in [6.45, 7) is 0. The maximum Gasteiger partial charge on any atom is 0.143 e. The van der Waals surface area contributed by atoms with Crippen molar-refractivity contribution < 1.29 is 4.42 Å². The molecule has 1 nitrogen and oxygen atoms in total. The van der Waals surface area contributed by atoms with E-state index in [2.05, 4.69) is 231 Å². The number of para-hydroxylation sites is 1. The van der Waals surface area contributed by atoms with Gasteiger partial charge in [-0.1, -0.05) is 200 Å². The van der Waals surface area contributed by atoms with Gasteiger partial charge < -0.3 is 4.42 Å². The Kier molecular flexibility index (Phi) is 8.22. The second-order valence-electron chi connectivity index (χ2n) is 17.4. The second-order valence-corrected chi connectivity index (χ2v) is 18.5. The molecule has 12 aromatic carbocycles. The summed E-state index contributed by atoms with van der Waals surface area (Å²) in [5.74, 6) is 0. The minimum atomic E-state index is 0.881. The van der Waals surface area contributed by atoms with E-state index in [9.17, 15) is 0 Å². The zero-order chi connectivity index (χ0) is 43.3. The van der Waals surface area contributed by atoms with Crippen molar-refractivity contribution in [1.82, 2.24) is 0 Å². The van der Waals surface area contributed by atoms with E-state index < -0.39 is 0 Å². The predicted octanol–water partition coefficient (Wildman–Crippen LogP) is 18.9. The lowest BCUT2D eigenvalue weighted by molar-refractivity contribution is 0.670. The lowest BCUT2D eigenvalue weighted by Crippen LogP contribution is -1.91. The number of furan rings is 1. The summed E-state index contributed by atoms with van der Waals surface area (Å²) in [6, 6.07) is 84.5. The summed E-state index contributed by atoms with van der Waals surface area (Å²) in [6.07, 6.45) is 0. The fourth-order valence-electron chi connectivity index (χ4n) is 11.1. The van der Waals surface area contributed by atoms with E-state index in [1.54, 1.807) is 0 Å². The highest BCUT2D eigenvalue weighted by atomic mass is 32.1. The Morgan fingerprint density at radius 1 is 0.258 bits per heavy atom. The Morgan fingerprint density at radius 2 is 0.667 bits per heavy atom. The molecule has 306 valence electrons. The summed E-state index contributed by atoms with van der Waals surface area (Å²) < 4.78 is 9.74. The number of thiophene rings is 1. The molecule has 0 radical (unpaired) electrons. The van der Waals surface area contributed by atoms with Crippen molar-refractivity contribution >= 4 is 96.5 Å². The zero-order valence-corrected chi connectivity index (χ0v) is 36.6. The minimum absolute atomic E-state index is 0.881. The van der Waals surface area contributed by atoms with E-state index in [4.69, 9.17) is 4.42 Å². The summed E-state index contributed by atoms with van der Waals surface area (Å²) >= 11 is 1.87. The third-order valence-corrected chi connectivity index (χ3v) is 15.0. The van der Waals surface area contributed by atoms with Crippen LogP contribution in [0.3, 0.4) is 0 Å². The normalized spacial score (nSPS) is 11.9. The maximum absolute atomic E-state index is 7.14. The van der Waals surface area contributed by atoms with Gasteiger partial charge in [0.15, 0.2) is 0 Å². The van der Waals surface area contributed by atoms with Crippen molar-refractivity contribution in [2.75, 3.05) is 0 Å². The molecule has 0 saturated carbocycles. The summed E-state index contributed by atoms with van der Waals surface area (Å²) in [4.78, 5) is 0. The maximum atomic E-state index is 7.14. The van der Waals surface area contributed by atoms with Crippen LogP contribution in [-0.4, -0.2) is 0 Å². The first kappa shape index (κ1) is 37.1. The third kappa shape index (κ3) is 5.52. The molecule has 0 spiro atoms. The fourth-order valence-corrected chi connectivity index (χ4v) is 12.1. The first-order chi connectivity index (χ1) is 32.8. The van der Waals surface area contributed by atoms with E-state index >= 15 is 0 Å². The summed E-state index contributed by atoms with van der Waals surface area (Å²) in [5, 5.41) is 14.6. The van der Waals surface area contributed by atoms with Crippen LogP contribution in [0.25, 0.3) is 141 Å². The monoisotopic (exact) mass is 854 g/mol. The molecule has 0 atom stereocenters. The Morgan fingerprint density at radius 3 is 1.23 bits per heavy atom. The van der Waals surface area contributed by atoms with Gasteiger partial charge in [0.2, 0.25) is 0 Å². The van der Waals surface area contributed by atoms with E-state index in [-0.39, 0.29) is 0 Å². The van der Waals surface area contributed by atoms with Crippen molar-refractivity contribution in [2.24, 2.45) is 0 Å². The average molecular weight is 855 g/mol. The van der Waals surface area contributed by atoms with Crippen LogP contribution < -0.4 is 0 Å². The largest absolute Gasteiger partial charge is 0.455 e. The Balaban J connectivity index is 1.01. The Hall–Kier alpha value is -8.30.